The second-order valence-corrected chi connectivity index (χ2v) is 7.92. The van der Waals surface area contributed by atoms with Crippen LogP contribution in [0, 0.1) is 0 Å². The van der Waals surface area contributed by atoms with E-state index in [0.717, 1.165) is 16.7 Å². The Bertz CT molecular complexity index is 1300. The van der Waals surface area contributed by atoms with E-state index in [1.807, 2.05) is 30.3 Å². The fourth-order valence-corrected chi connectivity index (χ4v) is 4.17. The Labute approximate surface area is 187 Å². The molecule has 10 nitrogen and oxygen atoms in total. The molecular weight excluding hydrogens is 436 g/mol. The van der Waals surface area contributed by atoms with Crippen molar-refractivity contribution in [2.45, 2.75) is 24.4 Å². The number of hydrogen-bond donors (Lipinski definition) is 4. The largest absolute Gasteiger partial charge is 0.491 e. The van der Waals surface area contributed by atoms with E-state index in [-0.39, 0.29) is 12.4 Å². The second-order valence-electron chi connectivity index (χ2n) is 7.51. The highest BCUT2D eigenvalue weighted by atomic mass is 35.5. The Kier molecular flexibility index (Phi) is 5.22. The van der Waals surface area contributed by atoms with Crippen molar-refractivity contribution in [2.75, 3.05) is 24.7 Å². The van der Waals surface area contributed by atoms with E-state index in [9.17, 15) is 10.2 Å². The van der Waals surface area contributed by atoms with Crippen LogP contribution in [0.15, 0.2) is 42.7 Å². The lowest BCUT2D eigenvalue weighted by atomic mass is 10.1. The van der Waals surface area contributed by atoms with E-state index < -0.39 is 24.4 Å². The Balaban J connectivity index is 1.35. The number of ether oxygens (including phenoxy) is 2. The molecule has 166 valence electrons. The SMILES string of the molecule is CNc1ccc2ccc(OC[C@H]3O[C@@H](c4cc(Cl)c5c(N)ncnn45)[C@H](O)[C@@H]3O)cc2n1. The molecule has 1 aliphatic rings. The van der Waals surface area contributed by atoms with Crippen LogP contribution in [0.3, 0.4) is 0 Å². The van der Waals surface area contributed by atoms with Crippen LogP contribution in [0.4, 0.5) is 11.6 Å². The van der Waals surface area contributed by atoms with E-state index in [1.165, 1.54) is 10.8 Å². The zero-order chi connectivity index (χ0) is 22.4. The number of nitrogens with one attached hydrogen (secondary N) is 1. The minimum atomic E-state index is -1.20. The maximum Gasteiger partial charge on any atom is 0.152 e. The first-order chi connectivity index (χ1) is 15.5. The van der Waals surface area contributed by atoms with Gasteiger partial charge in [-0.2, -0.15) is 5.10 Å². The van der Waals surface area contributed by atoms with Gasteiger partial charge in [0.25, 0.3) is 0 Å². The third-order valence-electron chi connectivity index (χ3n) is 5.55. The van der Waals surface area contributed by atoms with Gasteiger partial charge in [-0.25, -0.2) is 14.5 Å². The number of rotatable bonds is 5. The van der Waals surface area contributed by atoms with Crippen molar-refractivity contribution in [2.24, 2.45) is 0 Å². The average Bonchev–Trinajstić information content (AvgIpc) is 3.28. The zero-order valence-electron chi connectivity index (χ0n) is 17.0. The Morgan fingerprint density at radius 3 is 2.84 bits per heavy atom. The number of halogens is 1. The zero-order valence-corrected chi connectivity index (χ0v) is 17.8. The van der Waals surface area contributed by atoms with Crippen molar-refractivity contribution in [1.82, 2.24) is 19.6 Å². The first-order valence-electron chi connectivity index (χ1n) is 9.97. The molecule has 4 heterocycles. The number of nitrogens with two attached hydrogens (primary N) is 1. The van der Waals surface area contributed by atoms with E-state index in [1.54, 1.807) is 13.1 Å². The first-order valence-corrected chi connectivity index (χ1v) is 10.3. The minimum Gasteiger partial charge on any atom is -0.491 e. The summed E-state index contributed by atoms with van der Waals surface area (Å²) < 4.78 is 13.3. The van der Waals surface area contributed by atoms with Crippen LogP contribution in [-0.2, 0) is 4.74 Å². The molecule has 5 rings (SSSR count). The molecule has 0 bridgehead atoms. The Hall–Kier alpha value is -3.18. The summed E-state index contributed by atoms with van der Waals surface area (Å²) in [5.74, 6) is 1.52. The van der Waals surface area contributed by atoms with Gasteiger partial charge in [0, 0.05) is 18.5 Å². The summed E-state index contributed by atoms with van der Waals surface area (Å²) >= 11 is 6.28. The fourth-order valence-electron chi connectivity index (χ4n) is 3.88. The number of pyridine rings is 1. The lowest BCUT2D eigenvalue weighted by Crippen LogP contribution is -2.34. The summed E-state index contributed by atoms with van der Waals surface area (Å²) in [6, 6.07) is 11.0. The van der Waals surface area contributed by atoms with Crippen molar-refractivity contribution in [3.63, 3.8) is 0 Å². The summed E-state index contributed by atoms with van der Waals surface area (Å²) in [5, 5.41) is 29.7. The average molecular weight is 457 g/mol. The number of nitrogens with zero attached hydrogens (tertiary/aromatic N) is 4. The molecule has 0 saturated carbocycles. The van der Waals surface area contributed by atoms with Gasteiger partial charge in [0.1, 0.15) is 54.4 Å². The van der Waals surface area contributed by atoms with E-state index in [2.05, 4.69) is 20.4 Å². The van der Waals surface area contributed by atoms with Gasteiger partial charge in [0.05, 0.1) is 16.2 Å². The predicted octanol–water partition coefficient (Wildman–Crippen LogP) is 1.80. The third-order valence-corrected chi connectivity index (χ3v) is 5.84. The van der Waals surface area contributed by atoms with Gasteiger partial charge in [-0.05, 0) is 30.3 Å². The molecule has 32 heavy (non-hydrogen) atoms. The first kappa shape index (κ1) is 20.7. The Morgan fingerprint density at radius 1 is 1.22 bits per heavy atom. The number of fused-ring (bicyclic) bond motifs is 2. The highest BCUT2D eigenvalue weighted by Crippen LogP contribution is 2.37. The predicted molar refractivity (Wildman–Crippen MR) is 119 cm³/mol. The topological polar surface area (TPSA) is 140 Å². The minimum absolute atomic E-state index is 0.0279. The molecule has 1 aliphatic heterocycles. The molecule has 11 heteroatoms. The molecular formula is C21H21ClN6O4. The number of aliphatic hydroxyl groups excluding tert-OH is 2. The van der Waals surface area contributed by atoms with Crippen LogP contribution in [0.1, 0.15) is 11.8 Å². The van der Waals surface area contributed by atoms with Gasteiger partial charge >= 0.3 is 0 Å². The van der Waals surface area contributed by atoms with Gasteiger partial charge in [-0.3, -0.25) is 0 Å². The molecule has 1 saturated heterocycles. The standard InChI is InChI=1S/C21H21ClN6O4/c1-24-16-5-3-10-2-4-11(6-13(10)27-16)31-8-15-18(29)19(30)20(32-15)14-7-12(22)17-21(23)25-9-26-28(14)17/h2-7,9,15,18-20,29-30H,8H2,1H3,(H,24,27)(H2,23,25,26)/t15-,18-,19-,20+/m1/s1. The number of aliphatic hydroxyl groups is 2. The summed E-state index contributed by atoms with van der Waals surface area (Å²) in [6.07, 6.45) is -2.73. The Morgan fingerprint density at radius 2 is 2.03 bits per heavy atom. The molecule has 4 aromatic rings. The van der Waals surface area contributed by atoms with Gasteiger partial charge in [-0.1, -0.05) is 11.6 Å². The fraction of sp³-hybridized carbons (Fsp3) is 0.286. The van der Waals surface area contributed by atoms with Crippen LogP contribution in [0.25, 0.3) is 16.4 Å². The number of nitrogen functional groups attached to an aromatic ring is 1. The summed E-state index contributed by atoms with van der Waals surface area (Å²) in [6.45, 7) is 0.0279. The molecule has 0 aliphatic carbocycles. The van der Waals surface area contributed by atoms with Gasteiger partial charge in [0.2, 0.25) is 0 Å². The van der Waals surface area contributed by atoms with Crippen LogP contribution in [-0.4, -0.2) is 61.8 Å². The number of anilines is 2. The van der Waals surface area contributed by atoms with E-state index in [4.69, 9.17) is 26.8 Å². The van der Waals surface area contributed by atoms with Crippen LogP contribution < -0.4 is 15.8 Å². The van der Waals surface area contributed by atoms with Gasteiger partial charge in [-0.15, -0.1) is 0 Å². The normalized spacial score (nSPS) is 23.1. The monoisotopic (exact) mass is 456 g/mol. The second kappa shape index (κ2) is 8.06. The van der Waals surface area contributed by atoms with Crippen molar-refractivity contribution >= 4 is 39.7 Å². The molecule has 4 atom stereocenters. The van der Waals surface area contributed by atoms with Crippen molar-refractivity contribution < 1.29 is 19.7 Å². The highest BCUT2D eigenvalue weighted by Gasteiger charge is 2.45. The van der Waals surface area contributed by atoms with Crippen molar-refractivity contribution in [1.29, 1.82) is 0 Å². The lowest BCUT2D eigenvalue weighted by Gasteiger charge is -2.16. The third kappa shape index (κ3) is 3.47. The molecule has 0 spiro atoms. The summed E-state index contributed by atoms with van der Waals surface area (Å²) in [5.41, 5.74) is 7.54. The molecule has 1 fully saturated rings. The number of aromatic nitrogens is 4. The highest BCUT2D eigenvalue weighted by molar-refractivity contribution is 6.34. The van der Waals surface area contributed by atoms with E-state index in [0.29, 0.717) is 22.0 Å². The maximum absolute atomic E-state index is 10.6. The van der Waals surface area contributed by atoms with Gasteiger partial charge in [0.15, 0.2) is 5.82 Å². The molecule has 3 aromatic heterocycles. The summed E-state index contributed by atoms with van der Waals surface area (Å²) in [7, 11) is 1.80. The molecule has 5 N–H and O–H groups in total. The molecule has 1 aromatic carbocycles. The molecule has 0 unspecified atom stereocenters. The molecule has 0 amide bonds. The van der Waals surface area contributed by atoms with E-state index >= 15 is 0 Å². The maximum atomic E-state index is 10.6. The van der Waals surface area contributed by atoms with Crippen LogP contribution in [0.5, 0.6) is 5.75 Å². The quantitative estimate of drug-likeness (QED) is 0.353. The van der Waals surface area contributed by atoms with Crippen molar-refractivity contribution in [3.8, 4) is 5.75 Å². The lowest BCUT2D eigenvalue weighted by molar-refractivity contribution is -0.0187. The smallest absolute Gasteiger partial charge is 0.152 e. The number of hydrogen-bond acceptors (Lipinski definition) is 9. The van der Waals surface area contributed by atoms with Crippen molar-refractivity contribution in [3.05, 3.63) is 53.4 Å². The molecule has 0 radical (unpaired) electrons. The number of benzene rings is 1. The summed E-state index contributed by atoms with van der Waals surface area (Å²) in [4.78, 5) is 8.43. The van der Waals surface area contributed by atoms with Crippen LogP contribution in [0.2, 0.25) is 5.02 Å². The van der Waals surface area contributed by atoms with Gasteiger partial charge < -0.3 is 30.7 Å². The van der Waals surface area contributed by atoms with Crippen LogP contribution >= 0.6 is 11.6 Å².